The molecule has 5 aromatic rings. The van der Waals surface area contributed by atoms with E-state index in [1.54, 1.807) is 19.5 Å². The molecule has 4 aromatic heterocycles. The normalized spacial score (nSPS) is 11.0. The van der Waals surface area contributed by atoms with Crippen molar-refractivity contribution in [1.29, 1.82) is 0 Å². The van der Waals surface area contributed by atoms with Crippen LogP contribution in [0.15, 0.2) is 79.6 Å². The molecule has 1 aromatic carbocycles. The maximum Gasteiger partial charge on any atom is 0.145 e. The molecule has 5 rings (SSSR count). The lowest BCUT2D eigenvalue weighted by Crippen LogP contribution is -1.94. The second-order valence-corrected chi connectivity index (χ2v) is 6.45. The third-order valence-electron chi connectivity index (χ3n) is 4.82. The van der Waals surface area contributed by atoms with Crippen LogP contribution in [-0.4, -0.2) is 31.9 Å². The number of fused-ring (bicyclic) bond motifs is 1. The van der Waals surface area contributed by atoms with Crippen LogP contribution in [0, 0.1) is 0 Å². The molecule has 0 amide bonds. The Morgan fingerprint density at radius 3 is 2.46 bits per heavy atom. The Labute approximate surface area is 161 Å². The highest BCUT2D eigenvalue weighted by atomic mass is 16.5. The SMILES string of the molecule is COc1cc(-c2cn[nH]c2)cn2ncc(-c3ccc(-c4cccnc4)cc3)c12. The summed E-state index contributed by atoms with van der Waals surface area (Å²) in [4.78, 5) is 4.19. The highest BCUT2D eigenvalue weighted by Crippen LogP contribution is 2.35. The Hall–Kier alpha value is -3.93. The fraction of sp³-hybridized carbons (Fsp3) is 0.0455. The van der Waals surface area contributed by atoms with E-state index in [4.69, 9.17) is 4.74 Å². The van der Waals surface area contributed by atoms with Gasteiger partial charge in [-0.05, 0) is 28.8 Å². The van der Waals surface area contributed by atoms with Gasteiger partial charge in [0.1, 0.15) is 11.3 Å². The first-order chi connectivity index (χ1) is 13.8. The van der Waals surface area contributed by atoms with Crippen molar-refractivity contribution in [3.05, 3.63) is 79.6 Å². The van der Waals surface area contributed by atoms with Gasteiger partial charge in [-0.3, -0.25) is 10.1 Å². The van der Waals surface area contributed by atoms with Gasteiger partial charge in [0.2, 0.25) is 0 Å². The van der Waals surface area contributed by atoms with Gasteiger partial charge in [-0.15, -0.1) is 0 Å². The second kappa shape index (κ2) is 6.66. The van der Waals surface area contributed by atoms with Crippen molar-refractivity contribution in [2.24, 2.45) is 0 Å². The van der Waals surface area contributed by atoms with Crippen molar-refractivity contribution in [3.63, 3.8) is 0 Å². The van der Waals surface area contributed by atoms with Gasteiger partial charge in [0.05, 0.1) is 19.5 Å². The van der Waals surface area contributed by atoms with E-state index in [-0.39, 0.29) is 0 Å². The predicted molar refractivity (Wildman–Crippen MR) is 108 cm³/mol. The smallest absolute Gasteiger partial charge is 0.145 e. The zero-order valence-electron chi connectivity index (χ0n) is 15.2. The minimum absolute atomic E-state index is 0.766. The van der Waals surface area contributed by atoms with Crippen LogP contribution in [0.2, 0.25) is 0 Å². The first-order valence-electron chi connectivity index (χ1n) is 8.89. The number of H-pyrrole nitrogens is 1. The van der Waals surface area contributed by atoms with Crippen LogP contribution in [0.1, 0.15) is 0 Å². The molecular formula is C22H17N5O. The highest BCUT2D eigenvalue weighted by Gasteiger charge is 2.14. The summed E-state index contributed by atoms with van der Waals surface area (Å²) in [6, 6.07) is 14.4. The second-order valence-electron chi connectivity index (χ2n) is 6.45. The lowest BCUT2D eigenvalue weighted by atomic mass is 10.0. The number of pyridine rings is 2. The van der Waals surface area contributed by atoms with E-state index in [9.17, 15) is 0 Å². The summed E-state index contributed by atoms with van der Waals surface area (Å²) in [7, 11) is 1.68. The summed E-state index contributed by atoms with van der Waals surface area (Å²) >= 11 is 0. The van der Waals surface area contributed by atoms with Crippen LogP contribution in [0.4, 0.5) is 0 Å². The molecule has 136 valence electrons. The van der Waals surface area contributed by atoms with E-state index in [1.807, 2.05) is 41.4 Å². The van der Waals surface area contributed by atoms with Crippen molar-refractivity contribution in [1.82, 2.24) is 24.8 Å². The maximum absolute atomic E-state index is 5.68. The van der Waals surface area contributed by atoms with Crippen LogP contribution < -0.4 is 4.74 Å². The lowest BCUT2D eigenvalue weighted by Gasteiger charge is -2.09. The Bertz CT molecular complexity index is 1230. The lowest BCUT2D eigenvalue weighted by molar-refractivity contribution is 0.418. The maximum atomic E-state index is 5.68. The number of aromatic amines is 1. The van der Waals surface area contributed by atoms with Crippen molar-refractivity contribution >= 4 is 5.52 Å². The zero-order chi connectivity index (χ0) is 18.9. The molecule has 0 aliphatic heterocycles. The average Bonchev–Trinajstić information content (AvgIpc) is 3.44. The number of benzene rings is 1. The molecule has 0 spiro atoms. The van der Waals surface area contributed by atoms with Gasteiger partial charge in [-0.1, -0.05) is 30.3 Å². The summed E-state index contributed by atoms with van der Waals surface area (Å²) in [5, 5.41) is 11.4. The molecule has 0 unspecified atom stereocenters. The predicted octanol–water partition coefficient (Wildman–Crippen LogP) is 4.46. The Morgan fingerprint density at radius 1 is 0.893 bits per heavy atom. The van der Waals surface area contributed by atoms with E-state index in [0.717, 1.165) is 44.6 Å². The molecule has 0 bridgehead atoms. The summed E-state index contributed by atoms with van der Waals surface area (Å²) in [6.07, 6.45) is 11.1. The Kier molecular flexibility index (Phi) is 3.87. The number of methoxy groups -OCH3 is 1. The molecule has 0 saturated carbocycles. The number of hydrogen-bond donors (Lipinski definition) is 1. The van der Waals surface area contributed by atoms with E-state index in [0.29, 0.717) is 0 Å². The molecule has 28 heavy (non-hydrogen) atoms. The van der Waals surface area contributed by atoms with Crippen LogP contribution >= 0.6 is 0 Å². The molecule has 0 saturated heterocycles. The fourth-order valence-electron chi connectivity index (χ4n) is 3.39. The molecular weight excluding hydrogens is 350 g/mol. The van der Waals surface area contributed by atoms with E-state index >= 15 is 0 Å². The minimum Gasteiger partial charge on any atom is -0.494 e. The van der Waals surface area contributed by atoms with Crippen LogP contribution in [0.3, 0.4) is 0 Å². The van der Waals surface area contributed by atoms with Crippen molar-refractivity contribution in [2.45, 2.75) is 0 Å². The third-order valence-corrected chi connectivity index (χ3v) is 4.82. The van der Waals surface area contributed by atoms with E-state index in [2.05, 4.69) is 50.6 Å². The first-order valence-corrected chi connectivity index (χ1v) is 8.89. The summed E-state index contributed by atoms with van der Waals surface area (Å²) in [5.41, 5.74) is 7.23. The van der Waals surface area contributed by atoms with Gasteiger partial charge in [0.25, 0.3) is 0 Å². The number of nitrogens with zero attached hydrogens (tertiary/aromatic N) is 4. The molecule has 0 atom stereocenters. The molecule has 0 fully saturated rings. The minimum atomic E-state index is 0.766. The standard InChI is InChI=1S/C22H17N5O/c1-28-21-9-18(19-11-24-25-12-19)14-27-22(21)20(13-26-27)16-6-4-15(5-7-16)17-3-2-8-23-10-17/h2-14H,1H3,(H,24,25). The van der Waals surface area contributed by atoms with Crippen LogP contribution in [0.5, 0.6) is 5.75 Å². The van der Waals surface area contributed by atoms with Crippen molar-refractivity contribution in [3.8, 4) is 39.1 Å². The third kappa shape index (κ3) is 2.72. The van der Waals surface area contributed by atoms with Crippen molar-refractivity contribution < 1.29 is 4.74 Å². The van der Waals surface area contributed by atoms with Gasteiger partial charge >= 0.3 is 0 Å². The van der Waals surface area contributed by atoms with Crippen LogP contribution in [0.25, 0.3) is 38.9 Å². The fourth-order valence-corrected chi connectivity index (χ4v) is 3.39. The first kappa shape index (κ1) is 16.3. The molecule has 1 N–H and O–H groups in total. The molecule has 6 nitrogen and oxygen atoms in total. The summed E-state index contributed by atoms with van der Waals surface area (Å²) < 4.78 is 7.53. The van der Waals surface area contributed by atoms with Gasteiger partial charge in [-0.25, -0.2) is 4.52 Å². The van der Waals surface area contributed by atoms with Gasteiger partial charge < -0.3 is 4.74 Å². The van der Waals surface area contributed by atoms with E-state index < -0.39 is 0 Å². The largest absolute Gasteiger partial charge is 0.494 e. The molecule has 4 heterocycles. The molecule has 0 radical (unpaired) electrons. The number of ether oxygens (including phenoxy) is 1. The van der Waals surface area contributed by atoms with E-state index in [1.165, 1.54) is 0 Å². The molecule has 6 heteroatoms. The number of aromatic nitrogens is 5. The van der Waals surface area contributed by atoms with Gasteiger partial charge in [0.15, 0.2) is 0 Å². The quantitative estimate of drug-likeness (QED) is 0.509. The van der Waals surface area contributed by atoms with Crippen LogP contribution in [-0.2, 0) is 0 Å². The topological polar surface area (TPSA) is 68.1 Å². The summed E-state index contributed by atoms with van der Waals surface area (Å²) in [5.74, 6) is 0.766. The Morgan fingerprint density at radius 2 is 1.75 bits per heavy atom. The molecule has 0 aliphatic rings. The summed E-state index contributed by atoms with van der Waals surface area (Å²) in [6.45, 7) is 0. The monoisotopic (exact) mass is 367 g/mol. The zero-order valence-corrected chi connectivity index (χ0v) is 15.2. The number of hydrogen-bond acceptors (Lipinski definition) is 4. The molecule has 0 aliphatic carbocycles. The average molecular weight is 367 g/mol. The van der Waals surface area contributed by atoms with Crippen molar-refractivity contribution in [2.75, 3.05) is 7.11 Å². The Balaban J connectivity index is 1.60. The number of rotatable bonds is 4. The number of nitrogens with one attached hydrogen (secondary N) is 1. The highest BCUT2D eigenvalue weighted by molar-refractivity contribution is 5.87. The van der Waals surface area contributed by atoms with Gasteiger partial charge in [0, 0.05) is 41.5 Å². The van der Waals surface area contributed by atoms with Gasteiger partial charge in [-0.2, -0.15) is 10.2 Å².